The highest BCUT2D eigenvalue weighted by Gasteiger charge is 2.16. The number of fused-ring (bicyclic) bond motifs is 1. The molecule has 0 aliphatic carbocycles. The molecule has 6 nitrogen and oxygen atoms in total. The van der Waals surface area contributed by atoms with E-state index < -0.39 is 16.8 Å². The molecule has 1 aromatic carbocycles. The molecule has 2 aromatic rings. The maximum atomic E-state index is 12.3. The van der Waals surface area contributed by atoms with Gasteiger partial charge in [-0.3, -0.25) is 4.21 Å². The van der Waals surface area contributed by atoms with E-state index in [2.05, 4.69) is 4.98 Å². The summed E-state index contributed by atoms with van der Waals surface area (Å²) in [6.45, 7) is 0.976. The standard InChI is InChI=1S/C13H11NO5S2/c15-13(16)12-14-8(6-20-12)7-21(17)9-1-2-10-11(5-9)19-4-3-18-10/h1-2,5-6H,3-4,7H2,(H,15,16). The van der Waals surface area contributed by atoms with Crippen LogP contribution in [0.5, 0.6) is 11.5 Å². The molecule has 0 fully saturated rings. The minimum Gasteiger partial charge on any atom is -0.486 e. The first-order chi connectivity index (χ1) is 10.1. The SMILES string of the molecule is O=C(O)c1nc(CS(=O)c2ccc3c(c2)OCCO3)cs1. The molecule has 8 heteroatoms. The Balaban J connectivity index is 1.77. The average molecular weight is 325 g/mol. The zero-order valence-corrected chi connectivity index (χ0v) is 12.4. The van der Waals surface area contributed by atoms with Gasteiger partial charge < -0.3 is 14.6 Å². The molecule has 110 valence electrons. The van der Waals surface area contributed by atoms with Crippen molar-refractivity contribution in [3.63, 3.8) is 0 Å². The van der Waals surface area contributed by atoms with Crippen LogP contribution in [0.3, 0.4) is 0 Å². The van der Waals surface area contributed by atoms with Gasteiger partial charge in [0.1, 0.15) is 13.2 Å². The summed E-state index contributed by atoms with van der Waals surface area (Å²) in [5.41, 5.74) is 0.505. The molecule has 0 spiro atoms. The second-order valence-corrected chi connectivity index (χ2v) is 6.55. The molecule has 3 rings (SSSR count). The Morgan fingerprint density at radius 3 is 2.81 bits per heavy atom. The number of aromatic nitrogens is 1. The van der Waals surface area contributed by atoms with Crippen LogP contribution in [0.15, 0.2) is 28.5 Å². The second-order valence-electron chi connectivity index (χ2n) is 4.24. The molecule has 1 atom stereocenters. The highest BCUT2D eigenvalue weighted by atomic mass is 32.2. The van der Waals surface area contributed by atoms with Gasteiger partial charge in [-0.1, -0.05) is 0 Å². The van der Waals surface area contributed by atoms with Gasteiger partial charge in [0, 0.05) is 16.3 Å². The predicted molar refractivity (Wildman–Crippen MR) is 76.6 cm³/mol. The number of carboxylic acid groups (broad SMARTS) is 1. The van der Waals surface area contributed by atoms with E-state index in [0.29, 0.717) is 35.3 Å². The van der Waals surface area contributed by atoms with E-state index in [-0.39, 0.29) is 10.8 Å². The maximum absolute atomic E-state index is 12.3. The summed E-state index contributed by atoms with van der Waals surface area (Å²) >= 11 is 1.03. The number of thiazole rings is 1. The van der Waals surface area contributed by atoms with Gasteiger partial charge in [0.2, 0.25) is 5.01 Å². The number of hydrogen-bond acceptors (Lipinski definition) is 6. The lowest BCUT2D eigenvalue weighted by atomic mass is 10.3. The van der Waals surface area contributed by atoms with Gasteiger partial charge in [-0.2, -0.15) is 0 Å². The molecular formula is C13H11NO5S2. The molecule has 21 heavy (non-hydrogen) atoms. The van der Waals surface area contributed by atoms with Gasteiger partial charge in [0.15, 0.2) is 11.5 Å². The number of ether oxygens (including phenoxy) is 2. The van der Waals surface area contributed by atoms with Crippen molar-refractivity contribution in [3.8, 4) is 11.5 Å². The van der Waals surface area contributed by atoms with Crippen LogP contribution >= 0.6 is 11.3 Å². The molecular weight excluding hydrogens is 314 g/mol. The predicted octanol–water partition coefficient (Wildman–Crippen LogP) is 1.92. The van der Waals surface area contributed by atoms with E-state index in [1.54, 1.807) is 23.6 Å². The Morgan fingerprint density at radius 1 is 1.33 bits per heavy atom. The van der Waals surface area contributed by atoms with Crippen molar-refractivity contribution in [2.75, 3.05) is 13.2 Å². The van der Waals surface area contributed by atoms with Crippen LogP contribution in [0.2, 0.25) is 0 Å². The monoisotopic (exact) mass is 325 g/mol. The van der Waals surface area contributed by atoms with E-state index in [0.717, 1.165) is 11.3 Å². The van der Waals surface area contributed by atoms with Crippen LogP contribution in [-0.4, -0.2) is 33.5 Å². The molecule has 0 bridgehead atoms. The zero-order chi connectivity index (χ0) is 14.8. The number of carboxylic acids is 1. The van der Waals surface area contributed by atoms with Crippen molar-refractivity contribution in [1.82, 2.24) is 4.98 Å². The summed E-state index contributed by atoms with van der Waals surface area (Å²) in [7, 11) is -1.32. The second kappa shape index (κ2) is 5.82. The third-order valence-electron chi connectivity index (χ3n) is 2.79. The number of carbonyl (C=O) groups is 1. The van der Waals surface area contributed by atoms with Crippen LogP contribution in [0.1, 0.15) is 15.5 Å². The minimum absolute atomic E-state index is 0.00387. The summed E-state index contributed by atoms with van der Waals surface area (Å²) in [5.74, 6) is 0.320. The fourth-order valence-electron chi connectivity index (χ4n) is 1.85. The van der Waals surface area contributed by atoms with Gasteiger partial charge in [0.05, 0.1) is 22.2 Å². The van der Waals surface area contributed by atoms with E-state index >= 15 is 0 Å². The van der Waals surface area contributed by atoms with Crippen molar-refractivity contribution in [2.24, 2.45) is 0 Å². The number of aromatic carboxylic acids is 1. The minimum atomic E-state index is -1.32. The van der Waals surface area contributed by atoms with Crippen molar-refractivity contribution < 1.29 is 23.6 Å². The summed E-state index contributed by atoms with van der Waals surface area (Å²) in [6, 6.07) is 5.13. The zero-order valence-electron chi connectivity index (χ0n) is 10.8. The first-order valence-corrected chi connectivity index (χ1v) is 8.29. The molecule has 0 saturated heterocycles. The molecule has 0 radical (unpaired) electrons. The van der Waals surface area contributed by atoms with Gasteiger partial charge in [-0.15, -0.1) is 11.3 Å². The summed E-state index contributed by atoms with van der Waals surface area (Å²) in [4.78, 5) is 15.3. The van der Waals surface area contributed by atoms with Gasteiger partial charge in [0.25, 0.3) is 0 Å². The molecule has 0 saturated carbocycles. The normalized spacial score (nSPS) is 14.7. The van der Waals surface area contributed by atoms with Crippen LogP contribution in [0.4, 0.5) is 0 Å². The van der Waals surface area contributed by atoms with Crippen molar-refractivity contribution in [2.45, 2.75) is 10.6 Å². The molecule has 1 aliphatic heterocycles. The highest BCUT2D eigenvalue weighted by Crippen LogP contribution is 2.32. The van der Waals surface area contributed by atoms with E-state index in [1.807, 2.05) is 0 Å². The fourth-order valence-corrected chi connectivity index (χ4v) is 3.66. The summed E-state index contributed by atoms with van der Waals surface area (Å²) < 4.78 is 23.2. The molecule has 2 heterocycles. The third kappa shape index (κ3) is 3.06. The maximum Gasteiger partial charge on any atom is 0.365 e. The van der Waals surface area contributed by atoms with Crippen molar-refractivity contribution in [3.05, 3.63) is 34.3 Å². The first-order valence-electron chi connectivity index (χ1n) is 6.09. The Hall–Kier alpha value is -1.93. The van der Waals surface area contributed by atoms with Crippen LogP contribution in [0.25, 0.3) is 0 Å². The number of nitrogens with zero attached hydrogens (tertiary/aromatic N) is 1. The first kappa shape index (κ1) is 14.0. The van der Waals surface area contributed by atoms with E-state index in [1.165, 1.54) is 0 Å². The van der Waals surface area contributed by atoms with Crippen LogP contribution in [-0.2, 0) is 16.6 Å². The number of benzene rings is 1. The Kier molecular flexibility index (Phi) is 3.89. The number of rotatable bonds is 4. The molecule has 0 amide bonds. The fraction of sp³-hybridized carbons (Fsp3) is 0.231. The van der Waals surface area contributed by atoms with Gasteiger partial charge in [-0.25, -0.2) is 9.78 Å². The number of hydrogen-bond donors (Lipinski definition) is 1. The van der Waals surface area contributed by atoms with Gasteiger partial charge >= 0.3 is 5.97 Å². The van der Waals surface area contributed by atoms with Crippen LogP contribution < -0.4 is 9.47 Å². The molecule has 1 N–H and O–H groups in total. The van der Waals surface area contributed by atoms with E-state index in [4.69, 9.17) is 14.6 Å². The largest absolute Gasteiger partial charge is 0.486 e. The quantitative estimate of drug-likeness (QED) is 0.924. The lowest BCUT2D eigenvalue weighted by Gasteiger charge is -2.18. The average Bonchev–Trinajstić information content (AvgIpc) is 2.95. The lowest BCUT2D eigenvalue weighted by molar-refractivity contribution is 0.0696. The Morgan fingerprint density at radius 2 is 2.10 bits per heavy atom. The highest BCUT2D eigenvalue weighted by molar-refractivity contribution is 7.84. The summed E-state index contributed by atoms with van der Waals surface area (Å²) in [5, 5.41) is 10.4. The van der Waals surface area contributed by atoms with Crippen molar-refractivity contribution in [1.29, 1.82) is 0 Å². The van der Waals surface area contributed by atoms with Crippen molar-refractivity contribution >= 4 is 28.1 Å². The Bertz CT molecular complexity index is 712. The smallest absolute Gasteiger partial charge is 0.365 e. The Labute approximate surface area is 126 Å². The van der Waals surface area contributed by atoms with E-state index in [9.17, 15) is 9.00 Å². The molecule has 1 unspecified atom stereocenters. The summed E-state index contributed by atoms with van der Waals surface area (Å²) in [6.07, 6.45) is 0. The third-order valence-corrected chi connectivity index (χ3v) is 5.01. The van der Waals surface area contributed by atoms with Crippen LogP contribution in [0, 0.1) is 0 Å². The molecule has 1 aliphatic rings. The lowest BCUT2D eigenvalue weighted by Crippen LogP contribution is -2.15. The topological polar surface area (TPSA) is 85.7 Å². The van der Waals surface area contributed by atoms with Gasteiger partial charge in [-0.05, 0) is 12.1 Å². The molecule has 1 aromatic heterocycles.